The van der Waals surface area contributed by atoms with E-state index in [2.05, 4.69) is 32.0 Å². The molecule has 0 heterocycles. The first-order valence-corrected chi connectivity index (χ1v) is 5.36. The Balaban J connectivity index is 3.45. The van der Waals surface area contributed by atoms with Crippen molar-refractivity contribution in [3.63, 3.8) is 0 Å². The Bertz CT molecular complexity index is 142. The van der Waals surface area contributed by atoms with E-state index in [0.29, 0.717) is 0 Å². The number of rotatable bonds is 6. The summed E-state index contributed by atoms with van der Waals surface area (Å²) in [5.41, 5.74) is 0. The second-order valence-electron chi connectivity index (χ2n) is 3.06. The van der Waals surface area contributed by atoms with E-state index in [1.54, 1.807) is 0 Å². The molecule has 13 heavy (non-hydrogen) atoms. The van der Waals surface area contributed by atoms with Crippen LogP contribution in [0.25, 0.3) is 0 Å². The first kappa shape index (κ1) is 12.6. The van der Waals surface area contributed by atoms with Gasteiger partial charge in [-0.1, -0.05) is 39.5 Å². The van der Waals surface area contributed by atoms with E-state index in [0.717, 1.165) is 38.8 Å². The minimum absolute atomic E-state index is 0.0785. The Morgan fingerprint density at radius 2 is 1.92 bits per heavy atom. The third-order valence-electron chi connectivity index (χ3n) is 1.76. The van der Waals surface area contributed by atoms with Gasteiger partial charge in [0.15, 0.2) is 0 Å². The Morgan fingerprint density at radius 1 is 1.31 bits per heavy atom. The van der Waals surface area contributed by atoms with Crippen molar-refractivity contribution in [2.45, 2.75) is 39.5 Å². The van der Waals surface area contributed by atoms with Crippen LogP contribution in [0, 0.1) is 0 Å². The maximum Gasteiger partial charge on any atom is 0.327 e. The molecule has 4 heteroatoms. The molecule has 0 aromatic rings. The van der Waals surface area contributed by atoms with Crippen LogP contribution in [0.1, 0.15) is 39.5 Å². The standard InChI is InChI=1S/C9H20N2OS/c1-3-5-7-10-9(12)11(13)8-6-4-2/h13H,3-8H2,1-2H3,(H,10,12). The molecule has 3 nitrogen and oxygen atoms in total. The normalized spacial score (nSPS) is 9.77. The van der Waals surface area contributed by atoms with Gasteiger partial charge < -0.3 is 5.32 Å². The van der Waals surface area contributed by atoms with Gasteiger partial charge in [0.05, 0.1) is 0 Å². The highest BCUT2D eigenvalue weighted by atomic mass is 32.1. The molecule has 0 fully saturated rings. The summed E-state index contributed by atoms with van der Waals surface area (Å²) < 4.78 is 1.44. The van der Waals surface area contributed by atoms with E-state index >= 15 is 0 Å². The van der Waals surface area contributed by atoms with Gasteiger partial charge >= 0.3 is 6.03 Å². The van der Waals surface area contributed by atoms with Crippen LogP contribution in [-0.4, -0.2) is 23.4 Å². The zero-order chi connectivity index (χ0) is 10.1. The van der Waals surface area contributed by atoms with Crippen molar-refractivity contribution in [2.24, 2.45) is 0 Å². The van der Waals surface area contributed by atoms with Crippen molar-refractivity contribution in [3.8, 4) is 0 Å². The lowest BCUT2D eigenvalue weighted by Gasteiger charge is -2.15. The smallest absolute Gasteiger partial charge is 0.327 e. The Kier molecular flexibility index (Phi) is 7.99. The molecule has 0 atom stereocenters. The quantitative estimate of drug-likeness (QED) is 0.505. The lowest BCUT2D eigenvalue weighted by molar-refractivity contribution is 0.226. The molecule has 0 radical (unpaired) electrons. The van der Waals surface area contributed by atoms with Gasteiger partial charge in [-0.3, -0.25) is 4.31 Å². The molecule has 0 rings (SSSR count). The average molecular weight is 204 g/mol. The van der Waals surface area contributed by atoms with Crippen LogP contribution in [0.3, 0.4) is 0 Å². The molecule has 0 bridgehead atoms. The molecule has 2 amide bonds. The van der Waals surface area contributed by atoms with Crippen LogP contribution in [-0.2, 0) is 0 Å². The molecule has 1 N–H and O–H groups in total. The van der Waals surface area contributed by atoms with Crippen LogP contribution in [0.2, 0.25) is 0 Å². The zero-order valence-electron chi connectivity index (χ0n) is 8.55. The molecule has 0 aliphatic heterocycles. The van der Waals surface area contributed by atoms with Crippen molar-refractivity contribution in [3.05, 3.63) is 0 Å². The minimum atomic E-state index is -0.0785. The van der Waals surface area contributed by atoms with E-state index in [-0.39, 0.29) is 6.03 Å². The maximum atomic E-state index is 11.3. The molecular weight excluding hydrogens is 184 g/mol. The number of urea groups is 1. The third kappa shape index (κ3) is 6.75. The molecule has 0 aromatic heterocycles. The van der Waals surface area contributed by atoms with E-state index in [4.69, 9.17) is 0 Å². The molecule has 0 spiro atoms. The minimum Gasteiger partial charge on any atom is -0.337 e. The van der Waals surface area contributed by atoms with Gasteiger partial charge in [0, 0.05) is 13.1 Å². The van der Waals surface area contributed by atoms with Crippen molar-refractivity contribution < 1.29 is 4.79 Å². The second-order valence-corrected chi connectivity index (χ2v) is 3.55. The highest BCUT2D eigenvalue weighted by Crippen LogP contribution is 1.98. The van der Waals surface area contributed by atoms with Gasteiger partial charge in [0.25, 0.3) is 0 Å². The van der Waals surface area contributed by atoms with E-state index < -0.39 is 0 Å². The fourth-order valence-electron chi connectivity index (χ4n) is 0.873. The van der Waals surface area contributed by atoms with Gasteiger partial charge in [-0.25, -0.2) is 4.79 Å². The summed E-state index contributed by atoms with van der Waals surface area (Å²) in [5, 5.41) is 2.80. The molecular formula is C9H20N2OS. The van der Waals surface area contributed by atoms with Gasteiger partial charge in [-0.15, -0.1) is 0 Å². The monoisotopic (exact) mass is 204 g/mol. The molecule has 0 aromatic carbocycles. The fourth-order valence-corrected chi connectivity index (χ4v) is 1.08. The van der Waals surface area contributed by atoms with E-state index in [1.807, 2.05) is 0 Å². The molecule has 0 unspecified atom stereocenters. The maximum absolute atomic E-state index is 11.3. The van der Waals surface area contributed by atoms with Crippen molar-refractivity contribution in [2.75, 3.05) is 13.1 Å². The molecule has 0 saturated heterocycles. The van der Waals surface area contributed by atoms with Gasteiger partial charge in [0.1, 0.15) is 0 Å². The molecule has 0 saturated carbocycles. The summed E-state index contributed by atoms with van der Waals surface area (Å²) >= 11 is 4.08. The fraction of sp³-hybridized carbons (Fsp3) is 0.889. The topological polar surface area (TPSA) is 32.3 Å². The van der Waals surface area contributed by atoms with E-state index in [1.165, 1.54) is 4.31 Å². The van der Waals surface area contributed by atoms with Crippen molar-refractivity contribution in [1.82, 2.24) is 9.62 Å². The number of carbonyl (C=O) groups is 1. The summed E-state index contributed by atoms with van der Waals surface area (Å²) in [6.07, 6.45) is 4.22. The number of nitrogens with one attached hydrogen (secondary N) is 1. The van der Waals surface area contributed by atoms with Crippen LogP contribution in [0.4, 0.5) is 4.79 Å². The van der Waals surface area contributed by atoms with Crippen LogP contribution >= 0.6 is 12.8 Å². The summed E-state index contributed by atoms with van der Waals surface area (Å²) in [7, 11) is 0. The summed E-state index contributed by atoms with van der Waals surface area (Å²) in [6.45, 7) is 5.66. The largest absolute Gasteiger partial charge is 0.337 e. The van der Waals surface area contributed by atoms with Gasteiger partial charge in [-0.05, 0) is 12.8 Å². The Morgan fingerprint density at radius 3 is 2.46 bits per heavy atom. The summed E-state index contributed by atoms with van der Waals surface area (Å²) in [5.74, 6) is 0. The highest BCUT2D eigenvalue weighted by molar-refractivity contribution is 7.78. The zero-order valence-corrected chi connectivity index (χ0v) is 9.44. The lowest BCUT2D eigenvalue weighted by atomic mass is 10.3. The second kappa shape index (κ2) is 8.23. The lowest BCUT2D eigenvalue weighted by Crippen LogP contribution is -2.35. The van der Waals surface area contributed by atoms with Crippen molar-refractivity contribution >= 4 is 18.8 Å². The predicted molar refractivity (Wildman–Crippen MR) is 58.9 cm³/mol. The van der Waals surface area contributed by atoms with Crippen LogP contribution in [0.15, 0.2) is 0 Å². The number of carbonyl (C=O) groups excluding carboxylic acids is 1. The third-order valence-corrected chi connectivity index (χ3v) is 2.15. The van der Waals surface area contributed by atoms with Gasteiger partial charge in [0.2, 0.25) is 0 Å². The predicted octanol–water partition coefficient (Wildman–Crippen LogP) is 2.44. The number of nitrogens with zero attached hydrogens (tertiary/aromatic N) is 1. The first-order chi connectivity index (χ1) is 6.22. The number of hydrogen-bond acceptors (Lipinski definition) is 2. The number of unbranched alkanes of at least 4 members (excludes halogenated alkanes) is 2. The average Bonchev–Trinajstić information content (AvgIpc) is 2.14. The number of amides is 2. The van der Waals surface area contributed by atoms with Crippen molar-refractivity contribution in [1.29, 1.82) is 0 Å². The van der Waals surface area contributed by atoms with Gasteiger partial charge in [-0.2, -0.15) is 0 Å². The molecule has 78 valence electrons. The summed E-state index contributed by atoms with van der Waals surface area (Å²) in [4.78, 5) is 11.3. The van der Waals surface area contributed by atoms with Crippen LogP contribution < -0.4 is 5.32 Å². The number of hydrogen-bond donors (Lipinski definition) is 2. The molecule has 0 aliphatic carbocycles. The van der Waals surface area contributed by atoms with E-state index in [9.17, 15) is 4.79 Å². The summed E-state index contributed by atoms with van der Waals surface area (Å²) in [6, 6.07) is -0.0785. The van der Waals surface area contributed by atoms with Crippen LogP contribution in [0.5, 0.6) is 0 Å². The SMILES string of the molecule is CCCCNC(=O)N(S)CCCC. The Hall–Kier alpha value is -0.380. The Labute approximate surface area is 86.4 Å². The highest BCUT2D eigenvalue weighted by Gasteiger charge is 2.06. The molecule has 0 aliphatic rings. The first-order valence-electron chi connectivity index (χ1n) is 4.96. The number of thiol groups is 1.